The second-order valence-electron chi connectivity index (χ2n) is 4.64. The zero-order chi connectivity index (χ0) is 13.4. The first-order chi connectivity index (χ1) is 9.13. The molecule has 2 aromatic rings. The molecule has 0 spiro atoms. The summed E-state index contributed by atoms with van der Waals surface area (Å²) in [6.07, 6.45) is 1.17. The largest absolute Gasteiger partial charge is 0.458 e. The quantitative estimate of drug-likeness (QED) is 0.853. The smallest absolute Gasteiger partial charge is 0.140 e. The first-order valence-electron chi connectivity index (χ1n) is 6.07. The molecule has 19 heavy (non-hydrogen) atoms. The highest BCUT2D eigenvalue weighted by molar-refractivity contribution is 9.10. The Bertz CT molecular complexity index is 644. The SMILES string of the molecule is Cc1ccc(/C=C2\Oc3ccc(Br)cc3C2O)cc1. The molecule has 0 aromatic heterocycles. The monoisotopic (exact) mass is 316 g/mol. The Hall–Kier alpha value is -1.58. The normalized spacial score (nSPS) is 19.3. The number of rotatable bonds is 1. The van der Waals surface area contributed by atoms with Gasteiger partial charge in [-0.05, 0) is 36.8 Å². The summed E-state index contributed by atoms with van der Waals surface area (Å²) in [6, 6.07) is 13.7. The van der Waals surface area contributed by atoms with Gasteiger partial charge in [-0.25, -0.2) is 0 Å². The minimum Gasteiger partial charge on any atom is -0.458 e. The topological polar surface area (TPSA) is 29.5 Å². The molecule has 0 radical (unpaired) electrons. The van der Waals surface area contributed by atoms with Crippen molar-refractivity contribution in [2.45, 2.75) is 13.0 Å². The molecule has 96 valence electrons. The summed E-state index contributed by atoms with van der Waals surface area (Å²) >= 11 is 3.40. The van der Waals surface area contributed by atoms with Crippen LogP contribution in [-0.2, 0) is 0 Å². The van der Waals surface area contributed by atoms with Gasteiger partial charge < -0.3 is 9.84 Å². The van der Waals surface area contributed by atoms with E-state index in [4.69, 9.17) is 4.74 Å². The second kappa shape index (κ2) is 4.83. The van der Waals surface area contributed by atoms with Crippen LogP contribution in [0.25, 0.3) is 6.08 Å². The van der Waals surface area contributed by atoms with E-state index < -0.39 is 6.10 Å². The van der Waals surface area contributed by atoms with Crippen LogP contribution in [0.1, 0.15) is 22.8 Å². The maximum Gasteiger partial charge on any atom is 0.140 e. The molecular weight excluding hydrogens is 304 g/mol. The Kier molecular flexibility index (Phi) is 3.17. The molecule has 0 fully saturated rings. The predicted octanol–water partition coefficient (Wildman–Crippen LogP) is 4.22. The van der Waals surface area contributed by atoms with Crippen LogP contribution in [0.2, 0.25) is 0 Å². The van der Waals surface area contributed by atoms with Crippen molar-refractivity contribution >= 4 is 22.0 Å². The van der Waals surface area contributed by atoms with Crippen LogP contribution in [-0.4, -0.2) is 5.11 Å². The van der Waals surface area contributed by atoms with Crippen LogP contribution in [0, 0.1) is 6.92 Å². The van der Waals surface area contributed by atoms with Crippen LogP contribution in [0.15, 0.2) is 52.7 Å². The Morgan fingerprint density at radius 2 is 1.89 bits per heavy atom. The lowest BCUT2D eigenvalue weighted by Crippen LogP contribution is -1.96. The molecule has 1 heterocycles. The fraction of sp³-hybridized carbons (Fsp3) is 0.125. The van der Waals surface area contributed by atoms with Crippen molar-refractivity contribution in [3.8, 4) is 5.75 Å². The molecule has 1 atom stereocenters. The van der Waals surface area contributed by atoms with Gasteiger partial charge in [-0.15, -0.1) is 0 Å². The first kappa shape index (κ1) is 12.5. The number of aryl methyl sites for hydroxylation is 1. The number of benzene rings is 2. The van der Waals surface area contributed by atoms with Crippen molar-refractivity contribution in [3.05, 3.63) is 69.4 Å². The van der Waals surface area contributed by atoms with Crippen molar-refractivity contribution in [2.24, 2.45) is 0 Å². The minimum absolute atomic E-state index is 0.567. The number of ether oxygens (including phenoxy) is 1. The van der Waals surface area contributed by atoms with Gasteiger partial charge in [-0.2, -0.15) is 0 Å². The molecule has 2 aromatic carbocycles. The average Bonchev–Trinajstić information content (AvgIpc) is 2.70. The van der Waals surface area contributed by atoms with Crippen LogP contribution in [0.5, 0.6) is 5.75 Å². The van der Waals surface area contributed by atoms with E-state index in [1.165, 1.54) is 5.56 Å². The molecule has 1 aliphatic heterocycles. The van der Waals surface area contributed by atoms with E-state index >= 15 is 0 Å². The fourth-order valence-electron chi connectivity index (χ4n) is 2.10. The Balaban J connectivity index is 1.95. The molecule has 0 bridgehead atoms. The number of halogens is 1. The van der Waals surface area contributed by atoms with Gasteiger partial charge in [0.1, 0.15) is 17.6 Å². The van der Waals surface area contributed by atoms with Gasteiger partial charge in [0.25, 0.3) is 0 Å². The maximum absolute atomic E-state index is 10.3. The summed E-state index contributed by atoms with van der Waals surface area (Å²) in [7, 11) is 0. The molecule has 1 aliphatic rings. The first-order valence-corrected chi connectivity index (χ1v) is 6.86. The summed E-state index contributed by atoms with van der Waals surface area (Å²) in [6.45, 7) is 2.05. The molecule has 2 nitrogen and oxygen atoms in total. The van der Waals surface area contributed by atoms with Crippen LogP contribution < -0.4 is 4.74 Å². The molecule has 0 saturated carbocycles. The van der Waals surface area contributed by atoms with Gasteiger partial charge in [0.2, 0.25) is 0 Å². The summed E-state index contributed by atoms with van der Waals surface area (Å²) in [4.78, 5) is 0. The van der Waals surface area contributed by atoms with Gasteiger partial charge in [0, 0.05) is 10.0 Å². The number of fused-ring (bicyclic) bond motifs is 1. The molecule has 0 aliphatic carbocycles. The zero-order valence-corrected chi connectivity index (χ0v) is 12.0. The molecule has 1 unspecified atom stereocenters. The molecule has 3 heteroatoms. The molecule has 0 amide bonds. The lowest BCUT2D eigenvalue weighted by atomic mass is 10.1. The summed E-state index contributed by atoms with van der Waals surface area (Å²) in [5, 5.41) is 10.3. The Morgan fingerprint density at radius 3 is 2.63 bits per heavy atom. The molecule has 1 N–H and O–H groups in total. The standard InChI is InChI=1S/C16H13BrO2/c1-10-2-4-11(5-3-10)8-15-16(18)13-9-12(17)6-7-14(13)19-15/h2-9,16,18H,1H3/b15-8-. The van der Waals surface area contributed by atoms with E-state index in [1.807, 2.05) is 55.5 Å². The Labute approximate surface area is 120 Å². The highest BCUT2D eigenvalue weighted by Crippen LogP contribution is 2.40. The van der Waals surface area contributed by atoms with E-state index in [0.717, 1.165) is 15.6 Å². The molecule has 3 rings (SSSR count). The van der Waals surface area contributed by atoms with E-state index in [0.29, 0.717) is 11.5 Å². The van der Waals surface area contributed by atoms with Crippen LogP contribution in [0.4, 0.5) is 0 Å². The summed E-state index contributed by atoms with van der Waals surface area (Å²) in [5.41, 5.74) is 3.03. The average molecular weight is 317 g/mol. The van der Waals surface area contributed by atoms with Crippen molar-refractivity contribution in [1.82, 2.24) is 0 Å². The van der Waals surface area contributed by atoms with Crippen LogP contribution in [0.3, 0.4) is 0 Å². The number of aliphatic hydroxyl groups excluding tert-OH is 1. The van der Waals surface area contributed by atoms with Gasteiger partial charge in [0.15, 0.2) is 0 Å². The highest BCUT2D eigenvalue weighted by atomic mass is 79.9. The number of hydrogen-bond acceptors (Lipinski definition) is 2. The van der Waals surface area contributed by atoms with Gasteiger partial charge in [-0.1, -0.05) is 45.8 Å². The van der Waals surface area contributed by atoms with E-state index in [2.05, 4.69) is 15.9 Å². The molecular formula is C16H13BrO2. The fourth-order valence-corrected chi connectivity index (χ4v) is 2.48. The van der Waals surface area contributed by atoms with Gasteiger partial charge in [0.05, 0.1) is 0 Å². The Morgan fingerprint density at radius 1 is 1.16 bits per heavy atom. The minimum atomic E-state index is -0.700. The third-order valence-corrected chi connectivity index (χ3v) is 3.64. The van der Waals surface area contributed by atoms with Gasteiger partial charge >= 0.3 is 0 Å². The number of hydrogen-bond donors (Lipinski definition) is 1. The van der Waals surface area contributed by atoms with E-state index in [-0.39, 0.29) is 0 Å². The van der Waals surface area contributed by atoms with E-state index in [1.54, 1.807) is 0 Å². The lowest BCUT2D eigenvalue weighted by Gasteiger charge is -2.03. The van der Waals surface area contributed by atoms with E-state index in [9.17, 15) is 5.11 Å². The van der Waals surface area contributed by atoms with Crippen molar-refractivity contribution < 1.29 is 9.84 Å². The predicted molar refractivity (Wildman–Crippen MR) is 78.9 cm³/mol. The van der Waals surface area contributed by atoms with Crippen LogP contribution >= 0.6 is 15.9 Å². The third-order valence-electron chi connectivity index (χ3n) is 3.15. The maximum atomic E-state index is 10.3. The summed E-state index contributed by atoms with van der Waals surface area (Å²) < 4.78 is 6.63. The zero-order valence-electron chi connectivity index (χ0n) is 10.4. The summed E-state index contributed by atoms with van der Waals surface area (Å²) in [5.74, 6) is 1.28. The number of aliphatic hydroxyl groups is 1. The van der Waals surface area contributed by atoms with Crippen molar-refractivity contribution in [1.29, 1.82) is 0 Å². The molecule has 0 saturated heterocycles. The van der Waals surface area contributed by atoms with Gasteiger partial charge in [-0.3, -0.25) is 0 Å². The second-order valence-corrected chi connectivity index (χ2v) is 5.56. The lowest BCUT2D eigenvalue weighted by molar-refractivity contribution is 0.193. The highest BCUT2D eigenvalue weighted by Gasteiger charge is 2.27. The van der Waals surface area contributed by atoms with Crippen molar-refractivity contribution in [3.63, 3.8) is 0 Å². The van der Waals surface area contributed by atoms with Crippen molar-refractivity contribution in [2.75, 3.05) is 0 Å². The third kappa shape index (κ3) is 2.44.